The standard InChI is InChI=1S/C16H27N3O2.HI/c1-5-7-10-18-16(17-6-2)19-12-13-8-9-14(20-3)15(11-13)21-4;/h8-9,11H,5-7,10,12H2,1-4H3,(H2,17,18,19);1H. The van der Waals surface area contributed by atoms with E-state index in [1.165, 1.54) is 6.42 Å². The molecule has 0 aliphatic carbocycles. The van der Waals surface area contributed by atoms with Gasteiger partial charge in [-0.05, 0) is 31.0 Å². The van der Waals surface area contributed by atoms with Gasteiger partial charge in [-0.25, -0.2) is 4.99 Å². The Morgan fingerprint density at radius 3 is 2.41 bits per heavy atom. The van der Waals surface area contributed by atoms with E-state index in [2.05, 4.69) is 29.5 Å². The largest absolute Gasteiger partial charge is 0.493 e. The summed E-state index contributed by atoms with van der Waals surface area (Å²) in [6, 6.07) is 5.86. The third-order valence-corrected chi connectivity index (χ3v) is 3.03. The Labute approximate surface area is 150 Å². The zero-order valence-corrected chi connectivity index (χ0v) is 16.3. The zero-order chi connectivity index (χ0) is 15.5. The fourth-order valence-corrected chi connectivity index (χ4v) is 1.87. The number of aliphatic imine (C=N–C) groups is 1. The second-order valence-electron chi connectivity index (χ2n) is 4.66. The molecule has 22 heavy (non-hydrogen) atoms. The summed E-state index contributed by atoms with van der Waals surface area (Å²) >= 11 is 0. The number of halogens is 1. The van der Waals surface area contributed by atoms with Gasteiger partial charge in [0.2, 0.25) is 0 Å². The van der Waals surface area contributed by atoms with Gasteiger partial charge in [0.05, 0.1) is 20.8 Å². The smallest absolute Gasteiger partial charge is 0.191 e. The molecule has 126 valence electrons. The molecule has 2 N–H and O–H groups in total. The average Bonchev–Trinajstić information content (AvgIpc) is 2.52. The summed E-state index contributed by atoms with van der Waals surface area (Å²) < 4.78 is 10.5. The molecule has 0 aliphatic heterocycles. The monoisotopic (exact) mass is 421 g/mol. The third kappa shape index (κ3) is 7.20. The van der Waals surface area contributed by atoms with Gasteiger partial charge in [0, 0.05) is 13.1 Å². The summed E-state index contributed by atoms with van der Waals surface area (Å²) in [5.74, 6) is 2.31. The normalized spacial score (nSPS) is 10.6. The minimum Gasteiger partial charge on any atom is -0.493 e. The molecule has 0 fully saturated rings. The Bertz CT molecular complexity index is 453. The quantitative estimate of drug-likeness (QED) is 0.293. The van der Waals surface area contributed by atoms with Crippen LogP contribution in [0.25, 0.3) is 0 Å². The van der Waals surface area contributed by atoms with Crippen molar-refractivity contribution >= 4 is 29.9 Å². The van der Waals surface area contributed by atoms with Gasteiger partial charge in [0.15, 0.2) is 17.5 Å². The number of guanidine groups is 1. The molecule has 1 rings (SSSR count). The lowest BCUT2D eigenvalue weighted by molar-refractivity contribution is 0.354. The summed E-state index contributed by atoms with van der Waals surface area (Å²) in [5, 5.41) is 6.57. The molecule has 0 heterocycles. The average molecular weight is 421 g/mol. The lowest BCUT2D eigenvalue weighted by atomic mass is 10.2. The zero-order valence-electron chi connectivity index (χ0n) is 13.9. The van der Waals surface area contributed by atoms with Crippen molar-refractivity contribution in [3.05, 3.63) is 23.8 Å². The summed E-state index contributed by atoms with van der Waals surface area (Å²) in [6.45, 7) is 6.63. The molecule has 0 radical (unpaired) electrons. The minimum absolute atomic E-state index is 0. The van der Waals surface area contributed by atoms with E-state index >= 15 is 0 Å². The molecule has 0 spiro atoms. The predicted molar refractivity (Wildman–Crippen MR) is 103 cm³/mol. The number of rotatable bonds is 8. The van der Waals surface area contributed by atoms with E-state index in [0.717, 1.165) is 42.5 Å². The lowest BCUT2D eigenvalue weighted by Gasteiger charge is -2.11. The number of ether oxygens (including phenoxy) is 2. The molecule has 0 unspecified atom stereocenters. The number of benzene rings is 1. The molecule has 6 heteroatoms. The first-order valence-corrected chi connectivity index (χ1v) is 7.48. The Kier molecular flexibility index (Phi) is 11.7. The van der Waals surface area contributed by atoms with Crippen molar-refractivity contribution in [2.24, 2.45) is 4.99 Å². The predicted octanol–water partition coefficient (Wildman–Crippen LogP) is 3.18. The first-order chi connectivity index (χ1) is 10.2. The first-order valence-electron chi connectivity index (χ1n) is 7.48. The van der Waals surface area contributed by atoms with Crippen molar-refractivity contribution in [3.63, 3.8) is 0 Å². The number of nitrogens with zero attached hydrogens (tertiary/aromatic N) is 1. The van der Waals surface area contributed by atoms with Crippen LogP contribution in [0.3, 0.4) is 0 Å². The second kappa shape index (κ2) is 12.4. The van der Waals surface area contributed by atoms with E-state index in [9.17, 15) is 0 Å². The molecule has 0 amide bonds. The van der Waals surface area contributed by atoms with Gasteiger partial charge in [-0.2, -0.15) is 0 Å². The summed E-state index contributed by atoms with van der Waals surface area (Å²) in [7, 11) is 3.28. The van der Waals surface area contributed by atoms with Crippen molar-refractivity contribution in [2.75, 3.05) is 27.3 Å². The van der Waals surface area contributed by atoms with Gasteiger partial charge < -0.3 is 20.1 Å². The molecule has 5 nitrogen and oxygen atoms in total. The van der Waals surface area contributed by atoms with Crippen LogP contribution in [-0.2, 0) is 6.54 Å². The van der Waals surface area contributed by atoms with E-state index in [1.807, 2.05) is 18.2 Å². The second-order valence-corrected chi connectivity index (χ2v) is 4.66. The minimum atomic E-state index is 0. The Hall–Kier alpha value is -1.18. The summed E-state index contributed by atoms with van der Waals surface area (Å²) in [6.07, 6.45) is 2.31. The van der Waals surface area contributed by atoms with Gasteiger partial charge in [0.25, 0.3) is 0 Å². The van der Waals surface area contributed by atoms with Crippen LogP contribution in [0.4, 0.5) is 0 Å². The Morgan fingerprint density at radius 1 is 1.09 bits per heavy atom. The SMILES string of the molecule is CCCCNC(=NCc1ccc(OC)c(OC)c1)NCC.I. The van der Waals surface area contributed by atoms with Gasteiger partial charge in [-0.15, -0.1) is 24.0 Å². The molecule has 0 aromatic heterocycles. The molecule has 0 saturated carbocycles. The molecule has 1 aromatic carbocycles. The number of hydrogen-bond donors (Lipinski definition) is 2. The highest BCUT2D eigenvalue weighted by molar-refractivity contribution is 14.0. The third-order valence-electron chi connectivity index (χ3n) is 3.03. The maximum absolute atomic E-state index is 5.31. The fraction of sp³-hybridized carbons (Fsp3) is 0.562. The Balaban J connectivity index is 0.00000441. The van der Waals surface area contributed by atoms with Crippen LogP contribution in [0.5, 0.6) is 11.5 Å². The maximum Gasteiger partial charge on any atom is 0.191 e. The van der Waals surface area contributed by atoms with E-state index in [1.54, 1.807) is 14.2 Å². The van der Waals surface area contributed by atoms with Crippen LogP contribution in [-0.4, -0.2) is 33.3 Å². The topological polar surface area (TPSA) is 54.9 Å². The van der Waals surface area contributed by atoms with Crippen LogP contribution >= 0.6 is 24.0 Å². The van der Waals surface area contributed by atoms with Crippen LogP contribution < -0.4 is 20.1 Å². The number of unbranched alkanes of at least 4 members (excludes halogenated alkanes) is 1. The Morgan fingerprint density at radius 2 is 1.82 bits per heavy atom. The first kappa shape index (κ1) is 20.8. The maximum atomic E-state index is 5.31. The highest BCUT2D eigenvalue weighted by atomic mass is 127. The van der Waals surface area contributed by atoms with Crippen LogP contribution in [0, 0.1) is 0 Å². The van der Waals surface area contributed by atoms with Gasteiger partial charge >= 0.3 is 0 Å². The fourth-order valence-electron chi connectivity index (χ4n) is 1.87. The van der Waals surface area contributed by atoms with Crippen molar-refractivity contribution in [2.45, 2.75) is 33.2 Å². The number of methoxy groups -OCH3 is 2. The number of hydrogen-bond acceptors (Lipinski definition) is 3. The lowest BCUT2D eigenvalue weighted by Crippen LogP contribution is -2.37. The van der Waals surface area contributed by atoms with E-state index in [-0.39, 0.29) is 24.0 Å². The molecular weight excluding hydrogens is 393 g/mol. The molecule has 0 bridgehead atoms. The van der Waals surface area contributed by atoms with E-state index < -0.39 is 0 Å². The van der Waals surface area contributed by atoms with Crippen molar-refractivity contribution in [1.29, 1.82) is 0 Å². The van der Waals surface area contributed by atoms with Gasteiger partial charge in [-0.3, -0.25) is 0 Å². The van der Waals surface area contributed by atoms with Crippen LogP contribution in [0.1, 0.15) is 32.3 Å². The number of nitrogens with one attached hydrogen (secondary N) is 2. The molecule has 0 aliphatic rings. The molecule has 0 saturated heterocycles. The van der Waals surface area contributed by atoms with Gasteiger partial charge in [0.1, 0.15) is 0 Å². The van der Waals surface area contributed by atoms with Gasteiger partial charge in [-0.1, -0.05) is 19.4 Å². The highest BCUT2D eigenvalue weighted by Crippen LogP contribution is 2.27. The summed E-state index contributed by atoms with van der Waals surface area (Å²) in [5.41, 5.74) is 1.08. The van der Waals surface area contributed by atoms with Crippen LogP contribution in [0.15, 0.2) is 23.2 Å². The van der Waals surface area contributed by atoms with Crippen molar-refractivity contribution in [1.82, 2.24) is 10.6 Å². The van der Waals surface area contributed by atoms with Crippen molar-refractivity contribution < 1.29 is 9.47 Å². The summed E-state index contributed by atoms with van der Waals surface area (Å²) in [4.78, 5) is 4.58. The molecular formula is C16H28IN3O2. The van der Waals surface area contributed by atoms with Crippen molar-refractivity contribution in [3.8, 4) is 11.5 Å². The van der Waals surface area contributed by atoms with Crippen LogP contribution in [0.2, 0.25) is 0 Å². The van der Waals surface area contributed by atoms with E-state index in [4.69, 9.17) is 9.47 Å². The molecule has 0 atom stereocenters. The van der Waals surface area contributed by atoms with E-state index in [0.29, 0.717) is 6.54 Å². The highest BCUT2D eigenvalue weighted by Gasteiger charge is 2.04. The molecule has 1 aromatic rings.